The van der Waals surface area contributed by atoms with Gasteiger partial charge in [-0.05, 0) is 194 Å². The summed E-state index contributed by atoms with van der Waals surface area (Å²) in [6, 6.07) is 85.2. The Hall–Kier alpha value is -10.6. The minimum atomic E-state index is -2.31. The van der Waals surface area contributed by atoms with Crippen LogP contribution in [-0.2, 0) is 0 Å². The second-order valence-corrected chi connectivity index (χ2v) is 23.0. The molecule has 0 bridgehead atoms. The van der Waals surface area contributed by atoms with Crippen LogP contribution in [0.1, 0.15) is 26.4 Å². The summed E-state index contributed by atoms with van der Waals surface area (Å²) < 4.78 is 39.0. The van der Waals surface area contributed by atoms with Crippen molar-refractivity contribution in [2.75, 3.05) is 79.9 Å². The van der Waals surface area contributed by atoms with Gasteiger partial charge in [0.2, 0.25) is 0 Å². The van der Waals surface area contributed by atoms with Gasteiger partial charge >= 0.3 is 0 Å². The van der Waals surface area contributed by atoms with Gasteiger partial charge in [-0.25, -0.2) is 0 Å². The van der Waals surface area contributed by atoms with E-state index in [-0.39, 0.29) is 6.67 Å². The average molecular weight is 1130 g/mol. The van der Waals surface area contributed by atoms with Gasteiger partial charge in [-0.2, -0.15) is 0 Å². The molecule has 4 aliphatic rings. The first kappa shape index (κ1) is 48.9. The maximum atomic E-state index is 8.39. The third-order valence-electron chi connectivity index (χ3n) is 17.4. The number of hydrogen-bond donors (Lipinski definition) is 0. The van der Waals surface area contributed by atoms with Gasteiger partial charge in [-0.3, -0.25) is 0 Å². The highest BCUT2D eigenvalue weighted by Gasteiger charge is 2.33. The van der Waals surface area contributed by atoms with E-state index in [0.29, 0.717) is 30.5 Å². The van der Waals surface area contributed by atoms with E-state index in [1.807, 2.05) is 49.4 Å². The zero-order valence-electron chi connectivity index (χ0n) is 51.8. The van der Waals surface area contributed by atoms with Crippen LogP contribution in [0.25, 0.3) is 22.3 Å². The lowest BCUT2D eigenvalue weighted by atomic mass is 10.0. The molecule has 0 unspecified atom stereocenters. The molecule has 4 aliphatic heterocycles. The van der Waals surface area contributed by atoms with Crippen molar-refractivity contribution in [3.05, 3.63) is 265 Å². The molecule has 11 aromatic rings. The molecule has 0 aromatic heterocycles. The molecule has 0 amide bonds. The molecule has 10 nitrogen and oxygen atoms in total. The predicted molar refractivity (Wildman–Crippen MR) is 357 cm³/mol. The van der Waals surface area contributed by atoms with E-state index < -0.39 is 6.98 Å². The lowest BCUT2D eigenvalue weighted by Crippen LogP contribution is -2.25. The number of hydrogen-bond acceptors (Lipinski definition) is 10. The molecule has 15 rings (SSSR count). The number of benzene rings is 11. The van der Waals surface area contributed by atoms with Gasteiger partial charge in [0.1, 0.15) is 36.3 Å². The van der Waals surface area contributed by atoms with E-state index in [4.69, 9.17) is 13.6 Å². The minimum absolute atomic E-state index is 0.192. The molecule has 4 heterocycles. The molecule has 0 saturated heterocycles. The van der Waals surface area contributed by atoms with Gasteiger partial charge in [-0.15, -0.1) is 0 Å². The molecular formula is C76H66N8O2. The summed E-state index contributed by atoms with van der Waals surface area (Å²) in [6.07, 6.45) is 0. The lowest BCUT2D eigenvalue weighted by Gasteiger charge is -2.25. The zero-order valence-corrected chi connectivity index (χ0v) is 48.8. The van der Waals surface area contributed by atoms with E-state index in [9.17, 15) is 0 Å². The highest BCUT2D eigenvalue weighted by atomic mass is 16.5. The van der Waals surface area contributed by atoms with Crippen molar-refractivity contribution in [1.29, 1.82) is 0 Å². The molecule has 10 heteroatoms. The molecule has 0 spiro atoms. The Bertz CT molecular complexity index is 4520. The fourth-order valence-electron chi connectivity index (χ4n) is 12.6. The van der Waals surface area contributed by atoms with E-state index >= 15 is 0 Å². The molecule has 0 atom stereocenters. The van der Waals surface area contributed by atoms with E-state index in [0.717, 1.165) is 114 Å². The van der Waals surface area contributed by atoms with Gasteiger partial charge in [0.05, 0.1) is 58.8 Å². The maximum Gasteiger partial charge on any atom is 0.130 e. The molecule has 422 valence electrons. The predicted octanol–water partition coefficient (Wildman–Crippen LogP) is 19.4. The second kappa shape index (κ2) is 21.2. The highest BCUT2D eigenvalue weighted by molar-refractivity contribution is 5.92. The van der Waals surface area contributed by atoms with Gasteiger partial charge in [0, 0.05) is 76.5 Å². The van der Waals surface area contributed by atoms with E-state index in [1.165, 1.54) is 27.4 Å². The molecule has 0 radical (unpaired) electrons. The lowest BCUT2D eigenvalue weighted by molar-refractivity contribution is 0.482. The van der Waals surface area contributed by atoms with E-state index in [2.05, 4.69) is 262 Å². The number of ether oxygens (including phenoxy) is 2. The first-order valence-corrected chi connectivity index (χ1v) is 29.4. The average Bonchev–Trinajstić information content (AvgIpc) is 1.73. The van der Waals surface area contributed by atoms with Crippen LogP contribution in [0, 0.1) is 27.7 Å². The van der Waals surface area contributed by atoms with Crippen LogP contribution in [-0.4, -0.2) is 40.7 Å². The Morgan fingerprint density at radius 3 is 1.03 bits per heavy atom. The highest BCUT2D eigenvalue weighted by Crippen LogP contribution is 2.50. The van der Waals surface area contributed by atoms with Crippen LogP contribution in [0.2, 0.25) is 0 Å². The fraction of sp³-hybridized carbons (Fsp3) is 0.132. The van der Waals surface area contributed by atoms with Crippen molar-refractivity contribution in [3.8, 4) is 45.3 Å². The van der Waals surface area contributed by atoms with Crippen molar-refractivity contribution < 1.29 is 13.6 Å². The van der Waals surface area contributed by atoms with Crippen LogP contribution in [0.5, 0.6) is 23.0 Å². The minimum Gasteiger partial charge on any atom is -0.457 e. The Morgan fingerprint density at radius 1 is 0.267 bits per heavy atom. The smallest absolute Gasteiger partial charge is 0.130 e. The van der Waals surface area contributed by atoms with Crippen LogP contribution in [0.4, 0.5) is 79.6 Å². The normalized spacial score (nSPS) is 14.7. The van der Waals surface area contributed by atoms with Gasteiger partial charge in [0.25, 0.3) is 0 Å². The monoisotopic (exact) mass is 1130 g/mol. The molecule has 0 saturated carbocycles. The first-order chi connectivity index (χ1) is 43.2. The third-order valence-corrected chi connectivity index (χ3v) is 17.4. The summed E-state index contributed by atoms with van der Waals surface area (Å²) in [5, 5.41) is 0. The maximum absolute atomic E-state index is 8.39. The van der Waals surface area contributed by atoms with Gasteiger partial charge in [-0.1, -0.05) is 97.1 Å². The Balaban J connectivity index is 0.710. The number of rotatable bonds is 12. The van der Waals surface area contributed by atoms with Gasteiger partial charge in [0.15, 0.2) is 0 Å². The quantitative estimate of drug-likeness (QED) is 0.118. The Labute approximate surface area is 508 Å². The molecule has 0 aliphatic carbocycles. The summed E-state index contributed by atoms with van der Waals surface area (Å²) in [4.78, 5) is 17.7. The molecule has 0 N–H and O–H groups in total. The standard InChI is InChI=1S/C76H66N8O2/c1-51-35-73-75(37-53(51)3)79(47-77(73)5)61-23-17-25-65(43-61)85-67-41-57(55-19-9-7-10-20-55)39-63(45-67)83-49-81(69-27-13-15-29-71(69)83)59-31-33-60(34-32-59)82-50-84(72-30-16-14-28-70(72)82)64-40-58(56-21-11-8-12-22-56)42-68(46-64)86-66-26-18-24-62(44-66)80-48-78(6)74-36-52(2)54(4)38-76(74)80/h7-46H,47-50H2,1-6H3/i5D3. The fourth-order valence-corrected chi connectivity index (χ4v) is 12.6. The van der Waals surface area contributed by atoms with Crippen molar-refractivity contribution >= 4 is 79.6 Å². The third kappa shape index (κ3) is 9.49. The summed E-state index contributed by atoms with van der Waals surface area (Å²) in [7, 11) is 2.15. The zero-order chi connectivity index (χ0) is 60.7. The molecule has 86 heavy (non-hydrogen) atoms. The summed E-state index contributed by atoms with van der Waals surface area (Å²) in [6.45, 7) is 8.24. The largest absolute Gasteiger partial charge is 0.457 e. The Kier molecular flexibility index (Phi) is 12.1. The topological polar surface area (TPSA) is 44.4 Å². The number of para-hydroxylation sites is 4. The number of anilines is 14. The number of fused-ring (bicyclic) bond motifs is 4. The van der Waals surface area contributed by atoms with Crippen molar-refractivity contribution in [3.63, 3.8) is 0 Å². The summed E-state index contributed by atoms with van der Waals surface area (Å²) in [5.41, 5.74) is 23.5. The molecular weight excluding hydrogens is 1060 g/mol. The van der Waals surface area contributed by atoms with Crippen LogP contribution in [0.15, 0.2) is 243 Å². The SMILES string of the molecule is [2H]C([2H])([2H])N1CN(c2cccc(Oc3cc(-c4ccccc4)cc(N4CN(c5ccc(N6CN(c7cc(Oc8cccc(N9CN(C)c%10cc(C)c(C)cc%109)c8)cc(-c8ccccc8)c7)c7ccccc76)cc5)c5ccccc54)c3)c2)c2cc(C)c(C)cc21. The van der Waals surface area contributed by atoms with Crippen LogP contribution >= 0.6 is 0 Å². The second-order valence-electron chi connectivity index (χ2n) is 23.0. The van der Waals surface area contributed by atoms with Crippen molar-refractivity contribution in [2.45, 2.75) is 27.7 Å². The van der Waals surface area contributed by atoms with E-state index in [1.54, 1.807) is 0 Å². The van der Waals surface area contributed by atoms with Crippen LogP contribution in [0.3, 0.4) is 0 Å². The summed E-state index contributed by atoms with van der Waals surface area (Å²) >= 11 is 0. The first-order valence-electron chi connectivity index (χ1n) is 30.9. The molecule has 0 fully saturated rings. The molecule has 11 aromatic carbocycles. The Morgan fingerprint density at radius 2 is 0.616 bits per heavy atom. The van der Waals surface area contributed by atoms with Crippen LogP contribution < -0.4 is 48.7 Å². The van der Waals surface area contributed by atoms with Crippen molar-refractivity contribution in [2.24, 2.45) is 0 Å². The van der Waals surface area contributed by atoms with Crippen molar-refractivity contribution in [1.82, 2.24) is 0 Å². The van der Waals surface area contributed by atoms with Gasteiger partial charge < -0.3 is 48.7 Å². The summed E-state index contributed by atoms with van der Waals surface area (Å²) in [5.74, 6) is 2.85. The number of aryl methyl sites for hydroxylation is 4. The number of nitrogens with zero attached hydrogens (tertiary/aromatic N) is 8.